The van der Waals surface area contributed by atoms with E-state index in [2.05, 4.69) is 10.6 Å². The third-order valence-electron chi connectivity index (χ3n) is 3.49. The maximum atomic E-state index is 13.2. The molecule has 20 heavy (non-hydrogen) atoms. The summed E-state index contributed by atoms with van der Waals surface area (Å²) >= 11 is 0. The van der Waals surface area contributed by atoms with Gasteiger partial charge in [0.25, 0.3) is 0 Å². The Morgan fingerprint density at radius 1 is 1.35 bits per heavy atom. The topological polar surface area (TPSA) is 78.4 Å². The van der Waals surface area contributed by atoms with Gasteiger partial charge in [-0.15, -0.1) is 0 Å². The van der Waals surface area contributed by atoms with Crippen LogP contribution in [0.25, 0.3) is 0 Å². The molecule has 0 aromatic heterocycles. The number of carboxylic acid groups (broad SMARTS) is 1. The van der Waals surface area contributed by atoms with Gasteiger partial charge in [0.05, 0.1) is 5.56 Å². The normalized spacial score (nSPS) is 14.8. The standard InChI is InChI=1S/C14H17FN2O3/c1-14(2,8-3-4-8)17-13(20)16-9-5-6-11(15)10(7-9)12(18)19/h5-8H,3-4H2,1-2H3,(H,18,19)(H2,16,17,20). The van der Waals surface area contributed by atoms with Crippen molar-refractivity contribution < 1.29 is 19.1 Å². The van der Waals surface area contributed by atoms with Gasteiger partial charge >= 0.3 is 12.0 Å². The number of halogens is 1. The van der Waals surface area contributed by atoms with Crippen molar-refractivity contribution in [2.24, 2.45) is 5.92 Å². The highest BCUT2D eigenvalue weighted by Gasteiger charge is 2.38. The molecule has 108 valence electrons. The number of urea groups is 1. The molecule has 2 rings (SSSR count). The van der Waals surface area contributed by atoms with Gasteiger partial charge in [0.1, 0.15) is 5.82 Å². The predicted octanol–water partition coefficient (Wildman–Crippen LogP) is 2.83. The average Bonchev–Trinajstić information content (AvgIpc) is 3.14. The van der Waals surface area contributed by atoms with Crippen molar-refractivity contribution in [3.05, 3.63) is 29.6 Å². The van der Waals surface area contributed by atoms with Gasteiger partial charge in [0, 0.05) is 11.2 Å². The molecule has 0 saturated heterocycles. The number of carboxylic acids is 1. The molecule has 0 aliphatic heterocycles. The van der Waals surface area contributed by atoms with Crippen molar-refractivity contribution in [3.8, 4) is 0 Å². The number of nitrogens with one attached hydrogen (secondary N) is 2. The molecule has 6 heteroatoms. The van der Waals surface area contributed by atoms with Gasteiger partial charge < -0.3 is 15.7 Å². The number of carbonyl (C=O) groups is 2. The number of anilines is 1. The molecule has 1 fully saturated rings. The third-order valence-corrected chi connectivity index (χ3v) is 3.49. The van der Waals surface area contributed by atoms with Crippen LogP contribution in [0.5, 0.6) is 0 Å². The Kier molecular flexibility index (Phi) is 3.65. The molecule has 0 unspecified atom stereocenters. The summed E-state index contributed by atoms with van der Waals surface area (Å²) in [7, 11) is 0. The fourth-order valence-corrected chi connectivity index (χ4v) is 2.13. The molecule has 0 bridgehead atoms. The molecule has 0 heterocycles. The smallest absolute Gasteiger partial charge is 0.338 e. The summed E-state index contributed by atoms with van der Waals surface area (Å²) in [5.74, 6) is -1.73. The molecule has 1 aromatic carbocycles. The summed E-state index contributed by atoms with van der Waals surface area (Å²) in [6.07, 6.45) is 2.18. The maximum absolute atomic E-state index is 13.2. The molecule has 0 atom stereocenters. The van der Waals surface area contributed by atoms with Gasteiger partial charge in [0.2, 0.25) is 0 Å². The van der Waals surface area contributed by atoms with E-state index in [1.807, 2.05) is 13.8 Å². The van der Waals surface area contributed by atoms with Crippen molar-refractivity contribution in [2.45, 2.75) is 32.2 Å². The molecule has 5 nitrogen and oxygen atoms in total. The Morgan fingerprint density at radius 2 is 2.00 bits per heavy atom. The minimum absolute atomic E-state index is 0.243. The summed E-state index contributed by atoms with van der Waals surface area (Å²) < 4.78 is 13.2. The molecule has 0 radical (unpaired) electrons. The number of aromatic carboxylic acids is 1. The quantitative estimate of drug-likeness (QED) is 0.793. The van der Waals surface area contributed by atoms with Crippen LogP contribution in [0.15, 0.2) is 18.2 Å². The monoisotopic (exact) mass is 280 g/mol. The predicted molar refractivity (Wildman–Crippen MR) is 72.3 cm³/mol. The van der Waals surface area contributed by atoms with Gasteiger partial charge in [-0.1, -0.05) is 0 Å². The first-order chi connectivity index (χ1) is 9.29. The Balaban J connectivity index is 2.04. The number of hydrogen-bond acceptors (Lipinski definition) is 2. The highest BCUT2D eigenvalue weighted by atomic mass is 19.1. The van der Waals surface area contributed by atoms with Crippen LogP contribution in [0, 0.1) is 11.7 Å². The highest BCUT2D eigenvalue weighted by Crippen LogP contribution is 2.39. The zero-order valence-electron chi connectivity index (χ0n) is 11.4. The van der Waals surface area contributed by atoms with Crippen LogP contribution in [0.4, 0.5) is 14.9 Å². The lowest BCUT2D eigenvalue weighted by Crippen LogP contribution is -2.47. The van der Waals surface area contributed by atoms with Gasteiger partial charge in [-0.3, -0.25) is 0 Å². The average molecular weight is 280 g/mol. The summed E-state index contributed by atoms with van der Waals surface area (Å²) in [5, 5.41) is 14.2. The van der Waals surface area contributed by atoms with Crippen molar-refractivity contribution >= 4 is 17.7 Å². The van der Waals surface area contributed by atoms with Crippen molar-refractivity contribution in [1.82, 2.24) is 5.32 Å². The number of carbonyl (C=O) groups excluding carboxylic acids is 1. The second-order valence-corrected chi connectivity index (χ2v) is 5.57. The molecular weight excluding hydrogens is 263 g/mol. The van der Waals surface area contributed by atoms with Crippen LogP contribution < -0.4 is 10.6 Å². The van der Waals surface area contributed by atoms with Crippen LogP contribution in [-0.2, 0) is 0 Å². The lowest BCUT2D eigenvalue weighted by Gasteiger charge is -2.26. The minimum Gasteiger partial charge on any atom is -0.478 e. The maximum Gasteiger partial charge on any atom is 0.338 e. The number of hydrogen-bond donors (Lipinski definition) is 3. The minimum atomic E-state index is -1.37. The first-order valence-corrected chi connectivity index (χ1v) is 6.41. The van der Waals surface area contributed by atoms with Gasteiger partial charge in [0.15, 0.2) is 0 Å². The Hall–Kier alpha value is -2.11. The number of rotatable bonds is 4. The van der Waals surface area contributed by atoms with Crippen LogP contribution in [0.2, 0.25) is 0 Å². The van der Waals surface area contributed by atoms with Crippen LogP contribution in [-0.4, -0.2) is 22.6 Å². The molecule has 1 aliphatic rings. The second-order valence-electron chi connectivity index (χ2n) is 5.57. The Labute approximate surface area is 116 Å². The zero-order chi connectivity index (χ0) is 14.9. The lowest BCUT2D eigenvalue weighted by molar-refractivity contribution is 0.0692. The fraction of sp³-hybridized carbons (Fsp3) is 0.429. The summed E-state index contributed by atoms with van der Waals surface area (Å²) in [4.78, 5) is 22.7. The van der Waals surface area contributed by atoms with Gasteiger partial charge in [-0.25, -0.2) is 14.0 Å². The van der Waals surface area contributed by atoms with E-state index in [0.717, 1.165) is 25.0 Å². The lowest BCUT2D eigenvalue weighted by atomic mass is 9.99. The van der Waals surface area contributed by atoms with E-state index in [0.29, 0.717) is 5.92 Å². The van der Waals surface area contributed by atoms with Gasteiger partial charge in [-0.05, 0) is 50.8 Å². The van der Waals surface area contributed by atoms with E-state index in [1.165, 1.54) is 6.07 Å². The number of amides is 2. The van der Waals surface area contributed by atoms with E-state index < -0.39 is 23.4 Å². The molecule has 1 saturated carbocycles. The van der Waals surface area contributed by atoms with E-state index in [-0.39, 0.29) is 11.2 Å². The third kappa shape index (κ3) is 3.26. The summed E-state index contributed by atoms with van der Waals surface area (Å²) in [6, 6.07) is 3.02. The SMILES string of the molecule is CC(C)(NC(=O)Nc1ccc(F)c(C(=O)O)c1)C1CC1. The molecule has 1 aromatic rings. The van der Waals surface area contributed by atoms with Crippen molar-refractivity contribution in [1.29, 1.82) is 0 Å². The van der Waals surface area contributed by atoms with E-state index in [9.17, 15) is 14.0 Å². The molecule has 0 spiro atoms. The second kappa shape index (κ2) is 5.11. The largest absolute Gasteiger partial charge is 0.478 e. The first-order valence-electron chi connectivity index (χ1n) is 6.41. The first kappa shape index (κ1) is 14.3. The highest BCUT2D eigenvalue weighted by molar-refractivity contribution is 5.93. The fourth-order valence-electron chi connectivity index (χ4n) is 2.13. The van der Waals surface area contributed by atoms with Crippen LogP contribution >= 0.6 is 0 Å². The summed E-state index contributed by atoms with van der Waals surface area (Å²) in [5.41, 5.74) is -0.531. The molecule has 3 N–H and O–H groups in total. The van der Waals surface area contributed by atoms with E-state index in [1.54, 1.807) is 0 Å². The Morgan fingerprint density at radius 3 is 2.55 bits per heavy atom. The zero-order valence-corrected chi connectivity index (χ0v) is 11.4. The summed E-state index contributed by atoms with van der Waals surface area (Å²) in [6.45, 7) is 3.88. The molecule has 2 amide bonds. The molecular formula is C14H17FN2O3. The number of benzene rings is 1. The van der Waals surface area contributed by atoms with Crippen LogP contribution in [0.3, 0.4) is 0 Å². The molecule has 1 aliphatic carbocycles. The van der Waals surface area contributed by atoms with E-state index >= 15 is 0 Å². The Bertz CT molecular complexity index is 553. The van der Waals surface area contributed by atoms with Gasteiger partial charge in [-0.2, -0.15) is 0 Å². The van der Waals surface area contributed by atoms with E-state index in [4.69, 9.17) is 5.11 Å². The van der Waals surface area contributed by atoms with Crippen molar-refractivity contribution in [3.63, 3.8) is 0 Å². The van der Waals surface area contributed by atoms with Crippen LogP contribution in [0.1, 0.15) is 37.0 Å². The van der Waals surface area contributed by atoms with Crippen molar-refractivity contribution in [2.75, 3.05) is 5.32 Å².